The topological polar surface area (TPSA) is 49.8 Å². The summed E-state index contributed by atoms with van der Waals surface area (Å²) in [6.07, 6.45) is 7.97. The third-order valence-corrected chi connectivity index (χ3v) is 4.35. The highest BCUT2D eigenvalue weighted by Gasteiger charge is 2.14. The molecule has 4 nitrogen and oxygen atoms in total. The summed E-state index contributed by atoms with van der Waals surface area (Å²) >= 11 is 12.2. The van der Waals surface area contributed by atoms with Gasteiger partial charge in [0.2, 0.25) is 5.95 Å². The molecule has 1 aliphatic rings. The van der Waals surface area contributed by atoms with Crippen molar-refractivity contribution < 1.29 is 0 Å². The number of rotatable bonds is 4. The Morgan fingerprint density at radius 2 is 1.86 bits per heavy atom. The fourth-order valence-electron chi connectivity index (χ4n) is 2.66. The van der Waals surface area contributed by atoms with Gasteiger partial charge in [0.1, 0.15) is 5.82 Å². The van der Waals surface area contributed by atoms with Crippen LogP contribution in [0.1, 0.15) is 32.1 Å². The zero-order valence-electron chi connectivity index (χ0n) is 12.1. The van der Waals surface area contributed by atoms with Crippen molar-refractivity contribution in [3.63, 3.8) is 0 Å². The molecule has 3 rings (SSSR count). The number of aromatic nitrogens is 2. The van der Waals surface area contributed by atoms with Gasteiger partial charge in [0.15, 0.2) is 0 Å². The predicted molar refractivity (Wildman–Crippen MR) is 92.3 cm³/mol. The summed E-state index contributed by atoms with van der Waals surface area (Å²) in [5.41, 5.74) is 0.733. The fraction of sp³-hybridized carbons (Fsp3) is 0.375. The van der Waals surface area contributed by atoms with E-state index < -0.39 is 0 Å². The summed E-state index contributed by atoms with van der Waals surface area (Å²) in [5, 5.41) is 7.82. The van der Waals surface area contributed by atoms with Crippen LogP contribution in [0.15, 0.2) is 30.5 Å². The molecular formula is C16H18Cl2N4. The third kappa shape index (κ3) is 4.02. The first kappa shape index (κ1) is 15.4. The molecule has 1 heterocycles. The van der Waals surface area contributed by atoms with Crippen LogP contribution in [0.4, 0.5) is 17.5 Å². The normalized spacial score (nSPS) is 15.5. The Morgan fingerprint density at radius 3 is 2.68 bits per heavy atom. The lowest BCUT2D eigenvalue weighted by molar-refractivity contribution is 0.461. The summed E-state index contributed by atoms with van der Waals surface area (Å²) in [7, 11) is 0. The van der Waals surface area contributed by atoms with Crippen LogP contribution in [0.25, 0.3) is 0 Å². The van der Waals surface area contributed by atoms with E-state index in [1.165, 1.54) is 32.1 Å². The van der Waals surface area contributed by atoms with E-state index in [-0.39, 0.29) is 0 Å². The minimum Gasteiger partial charge on any atom is -0.351 e. The van der Waals surface area contributed by atoms with Crippen LogP contribution in [0.2, 0.25) is 10.0 Å². The molecule has 0 bridgehead atoms. The molecule has 0 atom stereocenters. The molecule has 1 saturated carbocycles. The summed E-state index contributed by atoms with van der Waals surface area (Å²) in [5.74, 6) is 1.34. The van der Waals surface area contributed by atoms with Crippen LogP contribution in [-0.2, 0) is 0 Å². The largest absolute Gasteiger partial charge is 0.351 e. The smallest absolute Gasteiger partial charge is 0.224 e. The fourth-order valence-corrected chi connectivity index (χ4v) is 3.00. The SMILES string of the molecule is Clc1ccc(Cl)c(Nc2ccnc(NC3CCCCC3)n2)c1. The standard InChI is InChI=1S/C16H18Cl2N4/c17-11-6-7-13(18)14(10-11)21-15-8-9-19-16(22-15)20-12-4-2-1-3-5-12/h6-10,12H,1-5H2,(H2,19,20,21,22). The highest BCUT2D eigenvalue weighted by Crippen LogP contribution is 2.28. The van der Waals surface area contributed by atoms with E-state index in [0.717, 1.165) is 5.69 Å². The maximum Gasteiger partial charge on any atom is 0.224 e. The minimum atomic E-state index is 0.471. The molecule has 2 N–H and O–H groups in total. The molecule has 1 aliphatic carbocycles. The van der Waals surface area contributed by atoms with E-state index in [0.29, 0.717) is 27.9 Å². The first-order chi connectivity index (χ1) is 10.7. The van der Waals surface area contributed by atoms with Crippen molar-refractivity contribution >= 4 is 40.7 Å². The predicted octanol–water partition coefficient (Wildman–Crippen LogP) is 5.27. The van der Waals surface area contributed by atoms with Gasteiger partial charge in [-0.25, -0.2) is 4.98 Å². The van der Waals surface area contributed by atoms with Crippen LogP contribution in [0.5, 0.6) is 0 Å². The lowest BCUT2D eigenvalue weighted by Gasteiger charge is -2.22. The lowest BCUT2D eigenvalue weighted by atomic mass is 9.96. The number of halogens is 2. The van der Waals surface area contributed by atoms with E-state index >= 15 is 0 Å². The van der Waals surface area contributed by atoms with Crippen molar-refractivity contribution in [2.24, 2.45) is 0 Å². The van der Waals surface area contributed by atoms with Crippen molar-refractivity contribution in [3.05, 3.63) is 40.5 Å². The molecule has 0 amide bonds. The van der Waals surface area contributed by atoms with Gasteiger partial charge in [-0.15, -0.1) is 0 Å². The van der Waals surface area contributed by atoms with Crippen LogP contribution >= 0.6 is 23.2 Å². The van der Waals surface area contributed by atoms with E-state index in [1.807, 2.05) is 6.07 Å². The van der Waals surface area contributed by atoms with Crippen molar-refractivity contribution in [3.8, 4) is 0 Å². The van der Waals surface area contributed by atoms with Crippen molar-refractivity contribution in [1.82, 2.24) is 9.97 Å². The van der Waals surface area contributed by atoms with E-state index in [4.69, 9.17) is 23.2 Å². The average molecular weight is 337 g/mol. The van der Waals surface area contributed by atoms with Crippen LogP contribution in [-0.4, -0.2) is 16.0 Å². The molecule has 0 unspecified atom stereocenters. The quantitative estimate of drug-likeness (QED) is 0.798. The summed E-state index contributed by atoms with van der Waals surface area (Å²) < 4.78 is 0. The summed E-state index contributed by atoms with van der Waals surface area (Å²) in [4.78, 5) is 8.79. The molecule has 22 heavy (non-hydrogen) atoms. The number of anilines is 3. The second kappa shape index (κ2) is 7.16. The molecule has 0 radical (unpaired) electrons. The monoisotopic (exact) mass is 336 g/mol. The van der Waals surface area contributed by atoms with Gasteiger partial charge in [0, 0.05) is 17.3 Å². The van der Waals surface area contributed by atoms with E-state index in [1.54, 1.807) is 24.4 Å². The Hall–Kier alpha value is -1.52. The van der Waals surface area contributed by atoms with Gasteiger partial charge in [-0.3, -0.25) is 0 Å². The van der Waals surface area contributed by atoms with Gasteiger partial charge >= 0.3 is 0 Å². The average Bonchev–Trinajstić information content (AvgIpc) is 2.52. The van der Waals surface area contributed by atoms with Gasteiger partial charge in [0.05, 0.1) is 10.7 Å². The number of benzene rings is 1. The molecule has 1 aromatic carbocycles. The Labute approximate surface area is 140 Å². The second-order valence-electron chi connectivity index (χ2n) is 5.49. The molecule has 2 aromatic rings. The van der Waals surface area contributed by atoms with Crippen LogP contribution < -0.4 is 10.6 Å². The van der Waals surface area contributed by atoms with Gasteiger partial charge in [-0.2, -0.15) is 4.98 Å². The van der Waals surface area contributed by atoms with Gasteiger partial charge in [-0.1, -0.05) is 42.5 Å². The first-order valence-corrected chi connectivity index (χ1v) is 8.28. The molecule has 0 spiro atoms. The molecule has 116 valence electrons. The number of nitrogens with one attached hydrogen (secondary N) is 2. The van der Waals surface area contributed by atoms with Crippen LogP contribution in [0.3, 0.4) is 0 Å². The van der Waals surface area contributed by atoms with Gasteiger partial charge in [0.25, 0.3) is 0 Å². The second-order valence-corrected chi connectivity index (χ2v) is 6.34. The Kier molecular flexibility index (Phi) is 5.01. The summed E-state index contributed by atoms with van der Waals surface area (Å²) in [6, 6.07) is 7.57. The Morgan fingerprint density at radius 1 is 1.05 bits per heavy atom. The van der Waals surface area contributed by atoms with E-state index in [9.17, 15) is 0 Å². The number of hydrogen-bond acceptors (Lipinski definition) is 4. The summed E-state index contributed by atoms with van der Waals surface area (Å²) in [6.45, 7) is 0. The molecule has 0 saturated heterocycles. The first-order valence-electron chi connectivity index (χ1n) is 7.52. The molecule has 0 aliphatic heterocycles. The third-order valence-electron chi connectivity index (χ3n) is 3.79. The zero-order valence-corrected chi connectivity index (χ0v) is 13.7. The van der Waals surface area contributed by atoms with Gasteiger partial charge in [-0.05, 0) is 37.1 Å². The van der Waals surface area contributed by atoms with Crippen LogP contribution in [0, 0.1) is 0 Å². The van der Waals surface area contributed by atoms with Crippen molar-refractivity contribution in [2.45, 2.75) is 38.1 Å². The maximum absolute atomic E-state index is 6.16. The molecule has 6 heteroatoms. The Bertz CT molecular complexity index is 642. The highest BCUT2D eigenvalue weighted by molar-refractivity contribution is 6.35. The molecule has 1 aromatic heterocycles. The lowest BCUT2D eigenvalue weighted by Crippen LogP contribution is -2.23. The molecular weight excluding hydrogens is 319 g/mol. The van der Waals surface area contributed by atoms with E-state index in [2.05, 4.69) is 20.6 Å². The molecule has 1 fully saturated rings. The van der Waals surface area contributed by atoms with Crippen molar-refractivity contribution in [2.75, 3.05) is 10.6 Å². The minimum absolute atomic E-state index is 0.471. The van der Waals surface area contributed by atoms with Gasteiger partial charge < -0.3 is 10.6 Å². The highest BCUT2D eigenvalue weighted by atomic mass is 35.5. The zero-order chi connectivity index (χ0) is 15.4. The maximum atomic E-state index is 6.16. The van der Waals surface area contributed by atoms with Crippen molar-refractivity contribution in [1.29, 1.82) is 0 Å². The Balaban J connectivity index is 1.71. The number of nitrogens with zero attached hydrogens (tertiary/aromatic N) is 2. The number of hydrogen-bond donors (Lipinski definition) is 2.